The molecule has 0 atom stereocenters. The number of aromatic nitrogens is 2. The number of rotatable bonds is 5. The number of anilines is 1. The monoisotopic (exact) mass is 519 g/mol. The van der Waals surface area contributed by atoms with E-state index < -0.39 is 10.0 Å². The Morgan fingerprint density at radius 2 is 1.49 bits per heavy atom. The van der Waals surface area contributed by atoms with Crippen molar-refractivity contribution in [3.63, 3.8) is 0 Å². The first-order chi connectivity index (χ1) is 17.8. The molecule has 0 unspecified atom stereocenters. The van der Waals surface area contributed by atoms with E-state index >= 15 is 0 Å². The van der Waals surface area contributed by atoms with E-state index in [-0.39, 0.29) is 10.8 Å². The van der Waals surface area contributed by atoms with Crippen molar-refractivity contribution < 1.29 is 13.2 Å². The Balaban J connectivity index is 1.19. The minimum Gasteiger partial charge on any atom is -0.352 e. The van der Waals surface area contributed by atoms with Crippen LogP contribution in [0.15, 0.2) is 59.5 Å². The summed E-state index contributed by atoms with van der Waals surface area (Å²) in [5, 5.41) is 8.91. The Labute approximate surface area is 219 Å². The highest BCUT2D eigenvalue weighted by molar-refractivity contribution is 7.89. The van der Waals surface area contributed by atoms with Crippen LogP contribution >= 0.6 is 0 Å². The first-order valence-corrected chi connectivity index (χ1v) is 14.3. The molecule has 2 fully saturated rings. The molecule has 2 aromatic carbocycles. The van der Waals surface area contributed by atoms with Crippen molar-refractivity contribution in [1.82, 2.24) is 19.4 Å². The number of hydrogen-bond acceptors (Lipinski definition) is 6. The maximum Gasteiger partial charge on any atom is 0.253 e. The predicted molar refractivity (Wildman–Crippen MR) is 144 cm³/mol. The predicted octanol–water partition coefficient (Wildman–Crippen LogP) is 3.90. The summed E-state index contributed by atoms with van der Waals surface area (Å²) in [6, 6.07) is 16.6. The van der Waals surface area contributed by atoms with Gasteiger partial charge in [-0.2, -0.15) is 4.31 Å². The normalized spacial score (nSPS) is 17.1. The summed E-state index contributed by atoms with van der Waals surface area (Å²) in [4.78, 5) is 17.3. The van der Waals surface area contributed by atoms with Crippen molar-refractivity contribution in [3.05, 3.63) is 71.3 Å². The van der Waals surface area contributed by atoms with Gasteiger partial charge in [0.2, 0.25) is 10.0 Å². The maximum absolute atomic E-state index is 13.1. The van der Waals surface area contributed by atoms with Gasteiger partial charge >= 0.3 is 0 Å². The number of piperazine rings is 1. The fourth-order valence-corrected chi connectivity index (χ4v) is 6.60. The number of piperidine rings is 1. The van der Waals surface area contributed by atoms with Crippen LogP contribution in [0, 0.1) is 13.8 Å². The molecule has 2 saturated heterocycles. The van der Waals surface area contributed by atoms with Gasteiger partial charge in [-0.1, -0.05) is 30.2 Å². The fraction of sp³-hybridized carbons (Fsp3) is 0.393. The molecule has 1 amide bonds. The molecular formula is C28H33N5O3S. The lowest BCUT2D eigenvalue weighted by Gasteiger charge is -2.35. The molecule has 0 aliphatic carbocycles. The lowest BCUT2D eigenvalue weighted by Crippen LogP contribution is -2.49. The van der Waals surface area contributed by atoms with Crippen molar-refractivity contribution in [2.24, 2.45) is 0 Å². The third-order valence-electron chi connectivity index (χ3n) is 7.25. The van der Waals surface area contributed by atoms with Gasteiger partial charge in [-0.25, -0.2) is 8.42 Å². The Hall–Kier alpha value is -3.30. The van der Waals surface area contributed by atoms with Gasteiger partial charge in [-0.3, -0.25) is 4.79 Å². The van der Waals surface area contributed by atoms with Crippen molar-refractivity contribution in [2.45, 2.75) is 38.0 Å². The lowest BCUT2D eigenvalue weighted by molar-refractivity contribution is 0.0746. The summed E-state index contributed by atoms with van der Waals surface area (Å²) in [6.07, 6.45) is 2.85. The second-order valence-electron chi connectivity index (χ2n) is 9.86. The van der Waals surface area contributed by atoms with Gasteiger partial charge in [0.05, 0.1) is 10.6 Å². The second-order valence-corrected chi connectivity index (χ2v) is 11.8. The Bertz CT molecular complexity index is 1360. The average Bonchev–Trinajstić information content (AvgIpc) is 2.93. The number of carbonyl (C=O) groups is 1. The number of hydrogen-bond donors (Lipinski definition) is 0. The molecule has 37 heavy (non-hydrogen) atoms. The molecule has 0 N–H and O–H groups in total. The molecule has 8 nitrogen and oxygen atoms in total. The molecule has 9 heteroatoms. The quantitative estimate of drug-likeness (QED) is 0.508. The van der Waals surface area contributed by atoms with E-state index in [0.717, 1.165) is 36.3 Å². The Morgan fingerprint density at radius 3 is 2.11 bits per heavy atom. The fourth-order valence-electron chi connectivity index (χ4n) is 5.08. The zero-order chi connectivity index (χ0) is 26.0. The molecular weight excluding hydrogens is 486 g/mol. The summed E-state index contributed by atoms with van der Waals surface area (Å²) >= 11 is 0. The molecule has 0 bridgehead atoms. The summed E-state index contributed by atoms with van der Waals surface area (Å²) < 4.78 is 27.3. The molecule has 0 saturated carbocycles. The molecule has 3 heterocycles. The van der Waals surface area contributed by atoms with Crippen molar-refractivity contribution >= 4 is 21.7 Å². The zero-order valence-corrected chi connectivity index (χ0v) is 22.2. The van der Waals surface area contributed by atoms with Gasteiger partial charge in [-0.15, -0.1) is 10.2 Å². The van der Waals surface area contributed by atoms with Crippen LogP contribution in [0.2, 0.25) is 0 Å². The van der Waals surface area contributed by atoms with Crippen molar-refractivity contribution in [3.8, 4) is 11.3 Å². The molecule has 0 radical (unpaired) electrons. The van der Waals surface area contributed by atoms with Crippen molar-refractivity contribution in [1.29, 1.82) is 0 Å². The van der Waals surface area contributed by atoms with Crippen LogP contribution in [0.5, 0.6) is 0 Å². The smallest absolute Gasteiger partial charge is 0.253 e. The molecule has 5 rings (SSSR count). The van der Waals surface area contributed by atoms with E-state index in [1.807, 2.05) is 17.0 Å². The minimum atomic E-state index is -3.50. The van der Waals surface area contributed by atoms with Gasteiger partial charge in [0.1, 0.15) is 0 Å². The standard InChI is InChI=1S/C28H33N5O3S/c1-21-6-11-25(22(2)20-21)26-12-13-27(30-29-26)31-16-18-32(19-17-31)28(34)23-7-9-24(10-8-23)37(35,36)33-14-4-3-5-15-33/h6-13,20H,3-5,14-19H2,1-2H3. The SMILES string of the molecule is Cc1ccc(-c2ccc(N3CCN(C(=O)c4ccc(S(=O)(=O)N5CCCCC5)cc4)CC3)nn2)c(C)c1. The number of amides is 1. The number of sulfonamides is 1. The van der Waals surface area contributed by atoms with Crippen LogP contribution in [-0.4, -0.2) is 73.0 Å². The van der Waals surface area contributed by atoms with Crippen molar-refractivity contribution in [2.75, 3.05) is 44.2 Å². The third-order valence-corrected chi connectivity index (χ3v) is 9.17. The highest BCUT2D eigenvalue weighted by Gasteiger charge is 2.27. The molecule has 3 aromatic rings. The largest absolute Gasteiger partial charge is 0.352 e. The van der Waals surface area contributed by atoms with E-state index in [1.54, 1.807) is 28.6 Å². The molecule has 0 spiro atoms. The lowest BCUT2D eigenvalue weighted by atomic mass is 10.0. The third kappa shape index (κ3) is 5.38. The molecule has 194 valence electrons. The molecule has 1 aromatic heterocycles. The zero-order valence-electron chi connectivity index (χ0n) is 21.4. The van der Waals surface area contributed by atoms with Gasteiger partial charge in [0, 0.05) is 50.4 Å². The summed E-state index contributed by atoms with van der Waals surface area (Å²) in [5.74, 6) is 0.714. The Morgan fingerprint density at radius 1 is 0.784 bits per heavy atom. The van der Waals surface area contributed by atoms with E-state index in [0.29, 0.717) is 44.8 Å². The second kappa shape index (κ2) is 10.6. The van der Waals surface area contributed by atoms with E-state index in [2.05, 4.69) is 47.1 Å². The topological polar surface area (TPSA) is 86.7 Å². The average molecular weight is 520 g/mol. The Kier molecular flexibility index (Phi) is 7.26. The van der Waals surface area contributed by atoms with Crippen LogP contribution in [-0.2, 0) is 10.0 Å². The highest BCUT2D eigenvalue weighted by Crippen LogP contribution is 2.24. The number of benzene rings is 2. The minimum absolute atomic E-state index is 0.0853. The van der Waals surface area contributed by atoms with Crippen LogP contribution in [0.1, 0.15) is 40.7 Å². The maximum atomic E-state index is 13.1. The van der Waals surface area contributed by atoms with E-state index in [4.69, 9.17) is 0 Å². The van der Waals surface area contributed by atoms with Crippen LogP contribution < -0.4 is 4.90 Å². The summed E-state index contributed by atoms with van der Waals surface area (Å²) in [7, 11) is -3.50. The number of carbonyl (C=O) groups excluding carboxylic acids is 1. The van der Waals surface area contributed by atoms with E-state index in [1.165, 1.54) is 11.1 Å². The first kappa shape index (κ1) is 25.4. The highest BCUT2D eigenvalue weighted by atomic mass is 32.2. The van der Waals surface area contributed by atoms with Gasteiger partial charge < -0.3 is 9.80 Å². The van der Waals surface area contributed by atoms with Gasteiger partial charge in [0.15, 0.2) is 5.82 Å². The van der Waals surface area contributed by atoms with Crippen LogP contribution in [0.4, 0.5) is 5.82 Å². The number of nitrogens with zero attached hydrogens (tertiary/aromatic N) is 5. The molecule has 2 aliphatic heterocycles. The summed E-state index contributed by atoms with van der Waals surface area (Å²) in [6.45, 7) is 7.72. The number of aryl methyl sites for hydroxylation is 2. The van der Waals surface area contributed by atoms with Gasteiger partial charge in [-0.05, 0) is 68.7 Å². The van der Waals surface area contributed by atoms with Crippen LogP contribution in [0.3, 0.4) is 0 Å². The van der Waals surface area contributed by atoms with Gasteiger partial charge in [0.25, 0.3) is 5.91 Å². The molecule has 2 aliphatic rings. The first-order valence-electron chi connectivity index (χ1n) is 12.9. The summed E-state index contributed by atoms with van der Waals surface area (Å²) in [5.41, 5.74) is 4.82. The van der Waals surface area contributed by atoms with Crippen LogP contribution in [0.25, 0.3) is 11.3 Å². The van der Waals surface area contributed by atoms with E-state index in [9.17, 15) is 13.2 Å².